The molecule has 1 saturated carbocycles. The van der Waals surface area contributed by atoms with Crippen molar-refractivity contribution in [1.29, 1.82) is 0 Å². The van der Waals surface area contributed by atoms with E-state index in [-0.39, 0.29) is 5.91 Å². The number of pyridine rings is 1. The maximum Gasteiger partial charge on any atom is 0.253 e. The number of nitrogens with one attached hydrogen (secondary N) is 1. The highest BCUT2D eigenvalue weighted by Gasteiger charge is 2.37. The van der Waals surface area contributed by atoms with Crippen LogP contribution in [0.1, 0.15) is 30.1 Å². The summed E-state index contributed by atoms with van der Waals surface area (Å²) in [7, 11) is 0. The standard InChI is InChI=1S/C15H17N3O/c1-15(6-7-15)9-18-14(19)12-8-17-13(16)11-5-3-2-4-10(11)12/h2-5,8H,6-7,9H2,1H3,(H2,16,17)(H,18,19). The molecule has 1 aromatic heterocycles. The molecule has 0 spiro atoms. The van der Waals surface area contributed by atoms with Gasteiger partial charge in [0.2, 0.25) is 0 Å². The van der Waals surface area contributed by atoms with Crippen LogP contribution in [0.3, 0.4) is 0 Å². The number of anilines is 1. The Morgan fingerprint density at radius 1 is 1.37 bits per heavy atom. The first-order chi connectivity index (χ1) is 9.09. The fourth-order valence-corrected chi connectivity index (χ4v) is 2.17. The topological polar surface area (TPSA) is 68.0 Å². The lowest BCUT2D eigenvalue weighted by Crippen LogP contribution is -2.29. The fourth-order valence-electron chi connectivity index (χ4n) is 2.17. The predicted molar refractivity (Wildman–Crippen MR) is 75.8 cm³/mol. The molecule has 0 saturated heterocycles. The molecule has 1 aliphatic rings. The molecule has 0 radical (unpaired) electrons. The summed E-state index contributed by atoms with van der Waals surface area (Å²) in [5.74, 6) is 0.387. The number of carbonyl (C=O) groups is 1. The SMILES string of the molecule is CC1(CNC(=O)c2cnc(N)c3ccccc23)CC1. The lowest BCUT2D eigenvalue weighted by molar-refractivity contribution is 0.0947. The molecule has 1 fully saturated rings. The summed E-state index contributed by atoms with van der Waals surface area (Å²) >= 11 is 0. The summed E-state index contributed by atoms with van der Waals surface area (Å²) < 4.78 is 0. The van der Waals surface area contributed by atoms with Gasteiger partial charge in [-0.25, -0.2) is 4.98 Å². The highest BCUT2D eigenvalue weighted by molar-refractivity contribution is 6.08. The van der Waals surface area contributed by atoms with Gasteiger partial charge in [-0.15, -0.1) is 0 Å². The molecule has 1 heterocycles. The van der Waals surface area contributed by atoms with Crippen LogP contribution in [0.5, 0.6) is 0 Å². The van der Waals surface area contributed by atoms with E-state index in [1.54, 1.807) is 6.20 Å². The molecule has 4 heteroatoms. The summed E-state index contributed by atoms with van der Waals surface area (Å²) in [4.78, 5) is 16.4. The van der Waals surface area contributed by atoms with Crippen LogP contribution in [-0.4, -0.2) is 17.4 Å². The summed E-state index contributed by atoms with van der Waals surface area (Å²) in [6.07, 6.45) is 3.93. The van der Waals surface area contributed by atoms with Crippen molar-refractivity contribution in [2.45, 2.75) is 19.8 Å². The van der Waals surface area contributed by atoms with Crippen molar-refractivity contribution in [2.24, 2.45) is 5.41 Å². The number of rotatable bonds is 3. The lowest BCUT2D eigenvalue weighted by atomic mass is 10.1. The first-order valence-electron chi connectivity index (χ1n) is 6.50. The third-order valence-electron chi connectivity index (χ3n) is 3.85. The van der Waals surface area contributed by atoms with Gasteiger partial charge in [0, 0.05) is 18.1 Å². The minimum Gasteiger partial charge on any atom is -0.383 e. The number of aromatic nitrogens is 1. The van der Waals surface area contributed by atoms with E-state index in [0.29, 0.717) is 16.8 Å². The maximum absolute atomic E-state index is 12.3. The minimum atomic E-state index is -0.0724. The van der Waals surface area contributed by atoms with Crippen LogP contribution in [0.25, 0.3) is 10.8 Å². The molecule has 4 nitrogen and oxygen atoms in total. The Morgan fingerprint density at radius 3 is 2.74 bits per heavy atom. The first kappa shape index (κ1) is 12.0. The maximum atomic E-state index is 12.3. The van der Waals surface area contributed by atoms with Crippen molar-refractivity contribution in [3.8, 4) is 0 Å². The number of carbonyl (C=O) groups excluding carboxylic acids is 1. The third kappa shape index (κ3) is 2.26. The molecule has 0 bridgehead atoms. The molecule has 3 N–H and O–H groups in total. The lowest BCUT2D eigenvalue weighted by Gasteiger charge is -2.12. The van der Waals surface area contributed by atoms with Crippen molar-refractivity contribution in [2.75, 3.05) is 12.3 Å². The zero-order chi connectivity index (χ0) is 13.5. The third-order valence-corrected chi connectivity index (χ3v) is 3.85. The van der Waals surface area contributed by atoms with Gasteiger partial charge in [-0.1, -0.05) is 31.2 Å². The molecular formula is C15H17N3O. The van der Waals surface area contributed by atoms with Gasteiger partial charge in [0.05, 0.1) is 5.56 Å². The van der Waals surface area contributed by atoms with Crippen molar-refractivity contribution < 1.29 is 4.79 Å². The van der Waals surface area contributed by atoms with E-state index in [2.05, 4.69) is 17.2 Å². The first-order valence-corrected chi connectivity index (χ1v) is 6.50. The van der Waals surface area contributed by atoms with E-state index < -0.39 is 0 Å². The Kier molecular flexibility index (Phi) is 2.66. The molecule has 1 aliphatic carbocycles. The number of nitrogens with zero attached hydrogens (tertiary/aromatic N) is 1. The summed E-state index contributed by atoms with van der Waals surface area (Å²) in [5, 5.41) is 4.67. The van der Waals surface area contributed by atoms with Crippen LogP contribution >= 0.6 is 0 Å². The second-order valence-electron chi connectivity index (χ2n) is 5.60. The van der Waals surface area contributed by atoms with Gasteiger partial charge in [-0.3, -0.25) is 4.79 Å². The van der Waals surface area contributed by atoms with Gasteiger partial charge < -0.3 is 11.1 Å². The molecule has 98 valence electrons. The molecule has 1 aromatic carbocycles. The van der Waals surface area contributed by atoms with Crippen LogP contribution in [0, 0.1) is 5.41 Å². The number of nitrogens with two attached hydrogens (primary N) is 1. The largest absolute Gasteiger partial charge is 0.383 e. The van der Waals surface area contributed by atoms with Gasteiger partial charge in [-0.2, -0.15) is 0 Å². The number of fused-ring (bicyclic) bond motifs is 1. The summed E-state index contributed by atoms with van der Waals surface area (Å²) in [5.41, 5.74) is 6.73. The van der Waals surface area contributed by atoms with Crippen molar-refractivity contribution in [1.82, 2.24) is 10.3 Å². The van der Waals surface area contributed by atoms with E-state index >= 15 is 0 Å². The van der Waals surface area contributed by atoms with Crippen LogP contribution < -0.4 is 11.1 Å². The average Bonchev–Trinajstić information content (AvgIpc) is 3.15. The minimum absolute atomic E-state index is 0.0724. The number of benzene rings is 1. The van der Waals surface area contributed by atoms with E-state index in [9.17, 15) is 4.79 Å². The van der Waals surface area contributed by atoms with Crippen molar-refractivity contribution in [3.63, 3.8) is 0 Å². The van der Waals surface area contributed by atoms with Crippen LogP contribution in [0.15, 0.2) is 30.5 Å². The predicted octanol–water partition coefficient (Wildman–Crippen LogP) is 2.35. The molecule has 3 rings (SSSR count). The average molecular weight is 255 g/mol. The zero-order valence-electron chi connectivity index (χ0n) is 10.9. The Bertz CT molecular complexity index is 647. The molecule has 19 heavy (non-hydrogen) atoms. The quantitative estimate of drug-likeness (QED) is 0.884. The second-order valence-corrected chi connectivity index (χ2v) is 5.60. The van der Waals surface area contributed by atoms with Crippen LogP contribution in [-0.2, 0) is 0 Å². The number of amides is 1. The summed E-state index contributed by atoms with van der Waals surface area (Å²) in [6, 6.07) is 7.59. The molecule has 0 atom stereocenters. The Labute approximate surface area is 112 Å². The van der Waals surface area contributed by atoms with Crippen LogP contribution in [0.4, 0.5) is 5.82 Å². The van der Waals surface area contributed by atoms with Crippen molar-refractivity contribution in [3.05, 3.63) is 36.0 Å². The van der Waals surface area contributed by atoms with Gasteiger partial charge in [0.15, 0.2) is 0 Å². The monoisotopic (exact) mass is 255 g/mol. The van der Waals surface area contributed by atoms with Gasteiger partial charge in [0.1, 0.15) is 5.82 Å². The van der Waals surface area contributed by atoms with E-state index in [1.807, 2.05) is 24.3 Å². The number of hydrogen-bond acceptors (Lipinski definition) is 3. The molecular weight excluding hydrogens is 238 g/mol. The highest BCUT2D eigenvalue weighted by atomic mass is 16.1. The van der Waals surface area contributed by atoms with Crippen molar-refractivity contribution >= 4 is 22.5 Å². The molecule has 2 aromatic rings. The Balaban J connectivity index is 1.91. The molecule has 0 aliphatic heterocycles. The van der Waals surface area contributed by atoms with Crippen LogP contribution in [0.2, 0.25) is 0 Å². The Hall–Kier alpha value is -2.10. The highest BCUT2D eigenvalue weighted by Crippen LogP contribution is 2.44. The Morgan fingerprint density at radius 2 is 2.05 bits per heavy atom. The molecule has 0 unspecified atom stereocenters. The van der Waals surface area contributed by atoms with Gasteiger partial charge in [0.25, 0.3) is 5.91 Å². The molecule has 1 amide bonds. The zero-order valence-corrected chi connectivity index (χ0v) is 10.9. The van der Waals surface area contributed by atoms with E-state index in [4.69, 9.17) is 5.73 Å². The number of hydrogen-bond donors (Lipinski definition) is 2. The fraction of sp³-hybridized carbons (Fsp3) is 0.333. The normalized spacial score (nSPS) is 16.3. The second kappa shape index (κ2) is 4.23. The van der Waals surface area contributed by atoms with Gasteiger partial charge in [-0.05, 0) is 23.6 Å². The van der Waals surface area contributed by atoms with E-state index in [0.717, 1.165) is 17.3 Å². The smallest absolute Gasteiger partial charge is 0.253 e. The van der Waals surface area contributed by atoms with Gasteiger partial charge >= 0.3 is 0 Å². The number of nitrogen functional groups attached to an aromatic ring is 1. The summed E-state index contributed by atoms with van der Waals surface area (Å²) in [6.45, 7) is 2.91. The van der Waals surface area contributed by atoms with E-state index in [1.165, 1.54) is 12.8 Å².